The first-order valence-electron chi connectivity index (χ1n) is 6.37. The molecule has 1 N–H and O–H groups in total. The summed E-state index contributed by atoms with van der Waals surface area (Å²) in [6, 6.07) is 7.37. The monoisotopic (exact) mass is 269 g/mol. The second-order valence-electron chi connectivity index (χ2n) is 5.14. The van der Waals surface area contributed by atoms with Gasteiger partial charge in [-0.15, -0.1) is 0 Å². The summed E-state index contributed by atoms with van der Waals surface area (Å²) in [7, 11) is -0.765. The number of rotatable bonds is 5. The molecule has 1 aliphatic carbocycles. The molecule has 0 spiro atoms. The van der Waals surface area contributed by atoms with Crippen LogP contribution in [0.15, 0.2) is 24.3 Å². The number of nitrogens with one attached hydrogen (secondary N) is 1. The van der Waals surface area contributed by atoms with E-state index in [-0.39, 0.29) is 11.1 Å². The maximum absolute atomic E-state index is 13.1. The van der Waals surface area contributed by atoms with E-state index in [1.165, 1.54) is 6.07 Å². The van der Waals surface area contributed by atoms with E-state index >= 15 is 0 Å². The molecule has 2 atom stereocenters. The highest BCUT2D eigenvalue weighted by atomic mass is 32.2. The van der Waals surface area contributed by atoms with Gasteiger partial charge in [0.05, 0.1) is 0 Å². The first kappa shape index (κ1) is 13.7. The van der Waals surface area contributed by atoms with Crippen molar-refractivity contribution in [3.05, 3.63) is 35.6 Å². The third-order valence-corrected chi connectivity index (χ3v) is 5.02. The second kappa shape index (κ2) is 5.93. The summed E-state index contributed by atoms with van der Waals surface area (Å²) in [5, 5.41) is 3.62. The molecule has 0 radical (unpaired) electrons. The third-order valence-electron chi connectivity index (χ3n) is 3.72. The fraction of sp³-hybridized carbons (Fsp3) is 0.571. The molecular weight excluding hydrogens is 249 g/mol. The first-order valence-corrected chi connectivity index (χ1v) is 7.99. The van der Waals surface area contributed by atoms with Gasteiger partial charge in [0, 0.05) is 34.9 Å². The van der Waals surface area contributed by atoms with E-state index < -0.39 is 10.8 Å². The third kappa shape index (κ3) is 3.39. The average Bonchev–Trinajstić information content (AvgIpc) is 2.26. The zero-order valence-electron chi connectivity index (χ0n) is 10.9. The lowest BCUT2D eigenvalue weighted by Gasteiger charge is -2.37. The second-order valence-corrected chi connectivity index (χ2v) is 6.94. The Morgan fingerprint density at radius 2 is 2.22 bits per heavy atom. The smallest absolute Gasteiger partial charge is 0.123 e. The van der Waals surface area contributed by atoms with Crippen molar-refractivity contribution in [1.29, 1.82) is 0 Å². The SMILES string of the molecule is CC(CNC1CC(c2cccc(F)c2)C1)S(C)=O. The van der Waals surface area contributed by atoms with Gasteiger partial charge < -0.3 is 5.32 Å². The van der Waals surface area contributed by atoms with Crippen LogP contribution in [0.2, 0.25) is 0 Å². The summed E-state index contributed by atoms with van der Waals surface area (Å²) in [4.78, 5) is 0. The normalized spacial score (nSPS) is 26.4. The lowest BCUT2D eigenvalue weighted by Crippen LogP contribution is -2.43. The molecule has 2 nitrogen and oxygen atoms in total. The zero-order chi connectivity index (χ0) is 13.1. The quantitative estimate of drug-likeness (QED) is 0.889. The van der Waals surface area contributed by atoms with Crippen LogP contribution < -0.4 is 5.32 Å². The van der Waals surface area contributed by atoms with Crippen LogP contribution in [-0.4, -0.2) is 28.3 Å². The van der Waals surface area contributed by atoms with E-state index in [1.807, 2.05) is 13.0 Å². The summed E-state index contributed by atoms with van der Waals surface area (Å²) >= 11 is 0. The molecule has 0 bridgehead atoms. The summed E-state index contributed by atoms with van der Waals surface area (Å²) in [5.41, 5.74) is 1.10. The van der Waals surface area contributed by atoms with Crippen LogP contribution in [0.3, 0.4) is 0 Å². The highest BCUT2D eigenvalue weighted by Crippen LogP contribution is 2.36. The van der Waals surface area contributed by atoms with Crippen LogP contribution in [0.5, 0.6) is 0 Å². The molecule has 1 aromatic rings. The van der Waals surface area contributed by atoms with Crippen LogP contribution in [0.1, 0.15) is 31.2 Å². The standard InChI is InChI=1S/C14H20FNOS/c1-10(18(2)17)9-16-14-7-12(8-14)11-4-3-5-13(15)6-11/h3-6,10,12,14,16H,7-9H2,1-2H3. The van der Waals surface area contributed by atoms with Gasteiger partial charge in [-0.2, -0.15) is 0 Å². The summed E-state index contributed by atoms with van der Waals surface area (Å²) in [6.07, 6.45) is 3.84. The van der Waals surface area contributed by atoms with Gasteiger partial charge in [-0.1, -0.05) is 12.1 Å². The van der Waals surface area contributed by atoms with Crippen LogP contribution in [0.4, 0.5) is 4.39 Å². The largest absolute Gasteiger partial charge is 0.313 e. The summed E-state index contributed by atoms with van der Waals surface area (Å²) in [6.45, 7) is 2.79. The van der Waals surface area contributed by atoms with E-state index in [0.29, 0.717) is 12.0 Å². The lowest BCUT2D eigenvalue weighted by atomic mass is 9.76. The molecule has 4 heteroatoms. The van der Waals surface area contributed by atoms with E-state index in [2.05, 4.69) is 5.32 Å². The summed E-state index contributed by atoms with van der Waals surface area (Å²) < 4.78 is 24.3. The number of hydrogen-bond acceptors (Lipinski definition) is 2. The van der Waals surface area contributed by atoms with Crippen LogP contribution in [0, 0.1) is 5.82 Å². The predicted octanol–water partition coefficient (Wildman–Crippen LogP) is 2.43. The van der Waals surface area contributed by atoms with Gasteiger partial charge >= 0.3 is 0 Å². The maximum atomic E-state index is 13.1. The van der Waals surface area contributed by atoms with Crippen LogP contribution >= 0.6 is 0 Å². The van der Waals surface area contributed by atoms with Crippen molar-refractivity contribution in [2.45, 2.75) is 37.0 Å². The van der Waals surface area contributed by atoms with Gasteiger partial charge in [0.25, 0.3) is 0 Å². The van der Waals surface area contributed by atoms with Gasteiger partial charge in [0.15, 0.2) is 0 Å². The molecule has 100 valence electrons. The van der Waals surface area contributed by atoms with Crippen molar-refractivity contribution in [3.63, 3.8) is 0 Å². The Hall–Kier alpha value is -0.740. The number of halogens is 1. The van der Waals surface area contributed by atoms with Crippen LogP contribution in [0.25, 0.3) is 0 Å². The lowest BCUT2D eigenvalue weighted by molar-refractivity contribution is 0.292. The molecular formula is C14H20FNOS. The van der Waals surface area contributed by atoms with E-state index in [4.69, 9.17) is 0 Å². The van der Waals surface area contributed by atoms with Gasteiger partial charge in [-0.05, 0) is 43.4 Å². The summed E-state index contributed by atoms with van der Waals surface area (Å²) in [5.74, 6) is 0.319. The Morgan fingerprint density at radius 1 is 1.50 bits per heavy atom. The molecule has 0 saturated heterocycles. The molecule has 0 aromatic heterocycles. The molecule has 1 aromatic carbocycles. The molecule has 1 fully saturated rings. The highest BCUT2D eigenvalue weighted by molar-refractivity contribution is 7.84. The number of benzene rings is 1. The maximum Gasteiger partial charge on any atom is 0.123 e. The van der Waals surface area contributed by atoms with Crippen molar-refractivity contribution >= 4 is 10.8 Å². The Balaban J connectivity index is 1.76. The minimum atomic E-state index is -0.765. The fourth-order valence-corrected chi connectivity index (χ4v) is 2.60. The Labute approximate surface area is 110 Å². The van der Waals surface area contributed by atoms with Crippen molar-refractivity contribution in [1.82, 2.24) is 5.32 Å². The van der Waals surface area contributed by atoms with Gasteiger partial charge in [-0.25, -0.2) is 4.39 Å². The van der Waals surface area contributed by atoms with E-state index in [1.54, 1.807) is 18.4 Å². The first-order chi connectivity index (χ1) is 8.56. The van der Waals surface area contributed by atoms with E-state index in [0.717, 1.165) is 24.9 Å². The van der Waals surface area contributed by atoms with Gasteiger partial charge in [0.1, 0.15) is 5.82 Å². The minimum Gasteiger partial charge on any atom is -0.313 e. The van der Waals surface area contributed by atoms with Crippen LogP contribution in [-0.2, 0) is 10.8 Å². The molecule has 0 aliphatic heterocycles. The molecule has 1 saturated carbocycles. The predicted molar refractivity (Wildman–Crippen MR) is 73.7 cm³/mol. The minimum absolute atomic E-state index is 0.154. The highest BCUT2D eigenvalue weighted by Gasteiger charge is 2.30. The van der Waals surface area contributed by atoms with Gasteiger partial charge in [0.2, 0.25) is 0 Å². The topological polar surface area (TPSA) is 29.1 Å². The molecule has 0 amide bonds. The molecule has 2 unspecified atom stereocenters. The average molecular weight is 269 g/mol. The molecule has 0 heterocycles. The fourth-order valence-electron chi connectivity index (χ4n) is 2.27. The molecule has 2 rings (SSSR count). The molecule has 1 aliphatic rings. The Kier molecular flexibility index (Phi) is 4.51. The zero-order valence-corrected chi connectivity index (χ0v) is 11.7. The van der Waals surface area contributed by atoms with Crippen molar-refractivity contribution in [2.24, 2.45) is 0 Å². The van der Waals surface area contributed by atoms with Gasteiger partial charge in [-0.3, -0.25) is 4.21 Å². The van der Waals surface area contributed by atoms with E-state index in [9.17, 15) is 8.60 Å². The Morgan fingerprint density at radius 3 is 2.83 bits per heavy atom. The van der Waals surface area contributed by atoms with Crippen molar-refractivity contribution in [2.75, 3.05) is 12.8 Å². The molecule has 18 heavy (non-hydrogen) atoms. The van der Waals surface area contributed by atoms with Crippen molar-refractivity contribution in [3.8, 4) is 0 Å². The van der Waals surface area contributed by atoms with Crippen molar-refractivity contribution < 1.29 is 8.60 Å². The Bertz CT molecular complexity index is 432. The number of hydrogen-bond donors (Lipinski definition) is 1.